The van der Waals surface area contributed by atoms with E-state index in [2.05, 4.69) is 18.6 Å². The molecule has 4 heteroatoms. The van der Waals surface area contributed by atoms with Crippen LogP contribution in [0.4, 0.5) is 0 Å². The van der Waals surface area contributed by atoms with Crippen LogP contribution in [-0.2, 0) is 10.0 Å². The van der Waals surface area contributed by atoms with Gasteiger partial charge in [-0.1, -0.05) is 84.5 Å². The van der Waals surface area contributed by atoms with E-state index in [-0.39, 0.29) is 5.25 Å². The van der Waals surface area contributed by atoms with Gasteiger partial charge in [0, 0.05) is 6.54 Å². The fourth-order valence-corrected chi connectivity index (χ4v) is 3.64. The third-order valence-corrected chi connectivity index (χ3v) is 6.51. The zero-order chi connectivity index (χ0) is 17.6. The largest absolute Gasteiger partial charge is 0.215 e. The second kappa shape index (κ2) is 14.3. The first-order valence-corrected chi connectivity index (χ1v) is 11.5. The summed E-state index contributed by atoms with van der Waals surface area (Å²) in [5.41, 5.74) is 0. The second-order valence-electron chi connectivity index (χ2n) is 7.20. The van der Waals surface area contributed by atoms with Crippen LogP contribution in [-0.4, -0.2) is 20.2 Å². The molecule has 1 N–H and O–H groups in total. The van der Waals surface area contributed by atoms with Crippen molar-refractivity contribution in [2.45, 2.75) is 110 Å². The second-order valence-corrected chi connectivity index (χ2v) is 9.52. The summed E-state index contributed by atoms with van der Waals surface area (Å²) in [5, 5.41) is -0.334. The first kappa shape index (κ1) is 22.9. The lowest BCUT2D eigenvalue weighted by atomic mass is 9.92. The molecule has 0 aromatic rings. The van der Waals surface area contributed by atoms with Crippen LogP contribution in [0, 0.1) is 5.92 Å². The standard InChI is InChI=1S/C19H41NO2S/c1-5-7-9-11-13-15-19(14-12-10-8-6-2)16-17-20-23(21,22)18(3)4/h18-20H,5-17H2,1-4H3. The Labute approximate surface area is 146 Å². The molecule has 23 heavy (non-hydrogen) atoms. The van der Waals surface area contributed by atoms with E-state index in [0.29, 0.717) is 12.5 Å². The smallest absolute Gasteiger partial charge is 0.213 e. The van der Waals surface area contributed by atoms with Crippen LogP contribution < -0.4 is 4.72 Å². The fraction of sp³-hybridized carbons (Fsp3) is 1.00. The molecule has 0 radical (unpaired) electrons. The zero-order valence-corrected chi connectivity index (χ0v) is 16.9. The first-order chi connectivity index (χ1) is 10.9. The summed E-state index contributed by atoms with van der Waals surface area (Å²) in [5.74, 6) is 0.684. The minimum absolute atomic E-state index is 0.334. The van der Waals surface area contributed by atoms with Crippen LogP contribution in [0.25, 0.3) is 0 Å². The predicted octanol–water partition coefficient (Wildman–Crippen LogP) is 5.65. The Balaban J connectivity index is 4.09. The van der Waals surface area contributed by atoms with Crippen molar-refractivity contribution in [1.29, 1.82) is 0 Å². The van der Waals surface area contributed by atoms with Gasteiger partial charge in [0.2, 0.25) is 10.0 Å². The molecular weight excluding hydrogens is 306 g/mol. The van der Waals surface area contributed by atoms with Crippen molar-refractivity contribution < 1.29 is 8.42 Å². The first-order valence-electron chi connectivity index (χ1n) is 9.92. The normalized spacial score (nSPS) is 13.6. The van der Waals surface area contributed by atoms with E-state index in [4.69, 9.17) is 0 Å². The molecule has 0 spiro atoms. The van der Waals surface area contributed by atoms with E-state index < -0.39 is 10.0 Å². The lowest BCUT2D eigenvalue weighted by Crippen LogP contribution is -2.32. The molecule has 0 fully saturated rings. The highest BCUT2D eigenvalue weighted by Crippen LogP contribution is 2.21. The maximum atomic E-state index is 11.8. The van der Waals surface area contributed by atoms with Gasteiger partial charge in [-0.15, -0.1) is 0 Å². The molecule has 3 nitrogen and oxygen atoms in total. The molecule has 0 aromatic carbocycles. The van der Waals surface area contributed by atoms with Gasteiger partial charge in [0.1, 0.15) is 0 Å². The van der Waals surface area contributed by atoms with Gasteiger partial charge < -0.3 is 0 Å². The summed E-state index contributed by atoms with van der Waals surface area (Å²) in [6.07, 6.45) is 15.3. The number of nitrogens with one attached hydrogen (secondary N) is 1. The number of unbranched alkanes of at least 4 members (excludes halogenated alkanes) is 7. The molecule has 0 aliphatic rings. The minimum atomic E-state index is -3.11. The molecule has 0 bridgehead atoms. The summed E-state index contributed by atoms with van der Waals surface area (Å²) >= 11 is 0. The Morgan fingerprint density at radius 2 is 1.22 bits per heavy atom. The van der Waals surface area contributed by atoms with Crippen molar-refractivity contribution in [1.82, 2.24) is 4.72 Å². The van der Waals surface area contributed by atoms with Crippen LogP contribution in [0.1, 0.15) is 105 Å². The average Bonchev–Trinajstić information content (AvgIpc) is 2.50. The Hall–Kier alpha value is -0.0900. The van der Waals surface area contributed by atoms with Gasteiger partial charge in [0.25, 0.3) is 0 Å². The lowest BCUT2D eigenvalue weighted by Gasteiger charge is -2.18. The van der Waals surface area contributed by atoms with Crippen molar-refractivity contribution in [2.75, 3.05) is 6.54 Å². The Morgan fingerprint density at radius 1 is 0.739 bits per heavy atom. The number of hydrogen-bond acceptors (Lipinski definition) is 2. The summed E-state index contributed by atoms with van der Waals surface area (Å²) < 4.78 is 26.4. The summed E-state index contributed by atoms with van der Waals surface area (Å²) in [4.78, 5) is 0. The average molecular weight is 348 g/mol. The van der Waals surface area contributed by atoms with E-state index >= 15 is 0 Å². The quantitative estimate of drug-likeness (QED) is 0.367. The van der Waals surface area contributed by atoms with E-state index in [1.54, 1.807) is 13.8 Å². The molecule has 0 heterocycles. The van der Waals surface area contributed by atoms with E-state index in [1.165, 1.54) is 70.6 Å². The molecule has 0 aromatic heterocycles. The molecule has 1 unspecified atom stereocenters. The van der Waals surface area contributed by atoms with Crippen molar-refractivity contribution in [3.63, 3.8) is 0 Å². The van der Waals surface area contributed by atoms with Gasteiger partial charge in [-0.25, -0.2) is 13.1 Å². The van der Waals surface area contributed by atoms with E-state index in [0.717, 1.165) is 6.42 Å². The number of sulfonamides is 1. The molecule has 0 aliphatic carbocycles. The molecule has 0 amide bonds. The van der Waals surface area contributed by atoms with Crippen molar-refractivity contribution in [3.8, 4) is 0 Å². The van der Waals surface area contributed by atoms with Crippen LogP contribution in [0.2, 0.25) is 0 Å². The van der Waals surface area contributed by atoms with Crippen LogP contribution in [0.5, 0.6) is 0 Å². The SMILES string of the molecule is CCCCCCCC(CCCCCC)CCNS(=O)(=O)C(C)C. The maximum absolute atomic E-state index is 11.8. The molecule has 1 atom stereocenters. The Bertz CT molecular complexity index is 352. The highest BCUT2D eigenvalue weighted by atomic mass is 32.2. The minimum Gasteiger partial charge on any atom is -0.215 e. The van der Waals surface area contributed by atoms with Crippen LogP contribution in [0.15, 0.2) is 0 Å². The molecule has 0 aliphatic heterocycles. The summed E-state index contributed by atoms with van der Waals surface area (Å²) in [7, 11) is -3.11. The molecular formula is C19H41NO2S. The summed E-state index contributed by atoms with van der Waals surface area (Å²) in [6, 6.07) is 0. The van der Waals surface area contributed by atoms with Crippen LogP contribution in [0.3, 0.4) is 0 Å². The van der Waals surface area contributed by atoms with Gasteiger partial charge in [-0.2, -0.15) is 0 Å². The van der Waals surface area contributed by atoms with Crippen molar-refractivity contribution in [3.05, 3.63) is 0 Å². The Morgan fingerprint density at radius 3 is 1.70 bits per heavy atom. The summed E-state index contributed by atoms with van der Waals surface area (Å²) in [6.45, 7) is 8.56. The topological polar surface area (TPSA) is 46.2 Å². The highest BCUT2D eigenvalue weighted by molar-refractivity contribution is 7.90. The van der Waals surface area contributed by atoms with E-state index in [9.17, 15) is 8.42 Å². The number of rotatable bonds is 16. The van der Waals surface area contributed by atoms with Gasteiger partial charge >= 0.3 is 0 Å². The Kier molecular flexibility index (Phi) is 14.2. The monoisotopic (exact) mass is 347 g/mol. The zero-order valence-electron chi connectivity index (χ0n) is 16.1. The van der Waals surface area contributed by atoms with Gasteiger partial charge in [-0.3, -0.25) is 0 Å². The molecule has 140 valence electrons. The number of hydrogen-bond donors (Lipinski definition) is 1. The lowest BCUT2D eigenvalue weighted by molar-refractivity contribution is 0.382. The third-order valence-electron chi connectivity index (χ3n) is 4.66. The van der Waals surface area contributed by atoms with Gasteiger partial charge in [0.15, 0.2) is 0 Å². The third kappa shape index (κ3) is 12.9. The molecule has 0 saturated heterocycles. The predicted molar refractivity (Wildman–Crippen MR) is 102 cm³/mol. The fourth-order valence-electron chi connectivity index (χ4n) is 2.90. The van der Waals surface area contributed by atoms with Crippen molar-refractivity contribution in [2.24, 2.45) is 5.92 Å². The maximum Gasteiger partial charge on any atom is 0.213 e. The van der Waals surface area contributed by atoms with Crippen molar-refractivity contribution >= 4 is 10.0 Å². The molecule has 0 saturated carbocycles. The highest BCUT2D eigenvalue weighted by Gasteiger charge is 2.16. The molecule has 0 rings (SSSR count). The van der Waals surface area contributed by atoms with Gasteiger partial charge in [-0.05, 0) is 26.2 Å². The van der Waals surface area contributed by atoms with E-state index in [1.807, 2.05) is 0 Å². The van der Waals surface area contributed by atoms with Crippen LogP contribution >= 0.6 is 0 Å². The van der Waals surface area contributed by atoms with Gasteiger partial charge in [0.05, 0.1) is 5.25 Å².